The van der Waals surface area contributed by atoms with Crippen molar-refractivity contribution < 1.29 is 14.7 Å². The quantitative estimate of drug-likeness (QED) is 0.662. The molecule has 6 nitrogen and oxygen atoms in total. The van der Waals surface area contributed by atoms with Crippen LogP contribution in [0.1, 0.15) is 83.0 Å². The summed E-state index contributed by atoms with van der Waals surface area (Å²) in [5.41, 5.74) is 0.0707. The van der Waals surface area contributed by atoms with Gasteiger partial charge in [0.2, 0.25) is 5.91 Å². The van der Waals surface area contributed by atoms with Crippen LogP contribution in [0.15, 0.2) is 12.3 Å². The van der Waals surface area contributed by atoms with Gasteiger partial charge >= 0.3 is 5.97 Å². The van der Waals surface area contributed by atoms with E-state index in [9.17, 15) is 14.7 Å². The topological polar surface area (TPSA) is 75.4 Å². The molecule has 1 N–H and O–H groups in total. The summed E-state index contributed by atoms with van der Waals surface area (Å²) in [7, 11) is 0. The van der Waals surface area contributed by atoms with Crippen molar-refractivity contribution in [3.63, 3.8) is 0 Å². The van der Waals surface area contributed by atoms with Gasteiger partial charge in [-0.25, -0.2) is 9.48 Å². The summed E-state index contributed by atoms with van der Waals surface area (Å²) >= 11 is 0. The van der Waals surface area contributed by atoms with Gasteiger partial charge in [0.25, 0.3) is 0 Å². The molecule has 0 unspecified atom stereocenters. The first kappa shape index (κ1) is 21.2. The lowest BCUT2D eigenvalue weighted by Gasteiger charge is -2.32. The Kier molecular flexibility index (Phi) is 7.63. The van der Waals surface area contributed by atoms with Crippen molar-refractivity contribution in [3.05, 3.63) is 17.8 Å². The van der Waals surface area contributed by atoms with Gasteiger partial charge in [0.05, 0.1) is 0 Å². The number of hydrogen-bond acceptors (Lipinski definition) is 3. The fourth-order valence-electron chi connectivity index (χ4n) is 3.60. The number of aromatic nitrogens is 2. The van der Waals surface area contributed by atoms with Gasteiger partial charge in [-0.2, -0.15) is 0 Å². The van der Waals surface area contributed by atoms with E-state index in [1.54, 1.807) is 11.1 Å². The van der Waals surface area contributed by atoms with Gasteiger partial charge < -0.3 is 5.11 Å². The molecule has 150 valence electrons. The van der Waals surface area contributed by atoms with E-state index in [0.717, 1.165) is 44.9 Å². The van der Waals surface area contributed by atoms with E-state index in [-0.39, 0.29) is 29.2 Å². The average molecular weight is 376 g/mol. The van der Waals surface area contributed by atoms with Crippen molar-refractivity contribution in [1.29, 1.82) is 0 Å². The molecule has 1 aromatic heterocycles. The zero-order chi connectivity index (χ0) is 20.0. The van der Waals surface area contributed by atoms with Crippen LogP contribution in [0, 0.1) is 11.8 Å². The molecule has 0 aliphatic heterocycles. The highest BCUT2D eigenvalue weighted by atomic mass is 16.4. The third kappa shape index (κ3) is 5.44. The Morgan fingerprint density at radius 3 is 2.56 bits per heavy atom. The first-order valence-electron chi connectivity index (χ1n) is 10.2. The van der Waals surface area contributed by atoms with E-state index in [2.05, 4.69) is 18.9 Å². The Hall–Kier alpha value is -2.11. The molecule has 0 spiro atoms. The van der Waals surface area contributed by atoms with Gasteiger partial charge in [0, 0.05) is 24.4 Å². The van der Waals surface area contributed by atoms with Gasteiger partial charge in [0.15, 0.2) is 5.82 Å². The molecule has 1 aliphatic rings. The molecular weight excluding hydrogens is 342 g/mol. The smallest absolute Gasteiger partial charge is 0.341 e. The molecule has 1 amide bonds. The van der Waals surface area contributed by atoms with Crippen molar-refractivity contribution in [2.75, 3.05) is 4.90 Å². The Bertz CT molecular complexity index is 670. The minimum Gasteiger partial charge on any atom is -0.477 e. The van der Waals surface area contributed by atoms with Crippen molar-refractivity contribution in [2.45, 2.75) is 78.7 Å². The largest absolute Gasteiger partial charge is 0.477 e. The first-order valence-corrected chi connectivity index (χ1v) is 10.2. The number of carboxylic acid groups (broad SMARTS) is 1. The van der Waals surface area contributed by atoms with Gasteiger partial charge in [-0.15, -0.1) is 5.10 Å². The second-order valence-corrected chi connectivity index (χ2v) is 7.94. The standard InChI is InChI=1S/C21H33N3O3/c1-5-6-7-8-13-23-14-18(21(26)27)19(22-23)24(15(2)3)20(25)17-11-9-16(4)10-12-17/h8,13-17H,5-7,9-12H2,1-4H3,(H,26,27)/t16-,17-. The number of aromatic carboxylic acids is 1. The predicted molar refractivity (Wildman–Crippen MR) is 108 cm³/mol. The fourth-order valence-corrected chi connectivity index (χ4v) is 3.60. The summed E-state index contributed by atoms with van der Waals surface area (Å²) in [4.78, 5) is 26.5. The molecule has 0 bridgehead atoms. The van der Waals surface area contributed by atoms with Crippen molar-refractivity contribution >= 4 is 23.9 Å². The number of rotatable bonds is 8. The molecule has 0 saturated heterocycles. The number of anilines is 1. The van der Waals surface area contributed by atoms with E-state index in [4.69, 9.17) is 0 Å². The summed E-state index contributed by atoms with van der Waals surface area (Å²) in [6.45, 7) is 8.16. The molecule has 6 heteroatoms. The number of unbranched alkanes of at least 4 members (excludes halogenated alkanes) is 2. The lowest BCUT2D eigenvalue weighted by atomic mass is 9.82. The number of carboxylic acids is 1. The minimum absolute atomic E-state index is 0.000359. The third-order valence-corrected chi connectivity index (χ3v) is 5.27. The highest BCUT2D eigenvalue weighted by Gasteiger charge is 2.33. The van der Waals surface area contributed by atoms with Crippen LogP contribution < -0.4 is 4.90 Å². The van der Waals surface area contributed by atoms with Crippen LogP contribution in [0.3, 0.4) is 0 Å². The summed E-state index contributed by atoms with van der Waals surface area (Å²) in [5.74, 6) is -0.200. The van der Waals surface area contributed by atoms with Crippen molar-refractivity contribution in [3.8, 4) is 0 Å². The average Bonchev–Trinajstić information content (AvgIpc) is 3.03. The van der Waals surface area contributed by atoms with Crippen LogP contribution in [0.4, 0.5) is 5.82 Å². The second kappa shape index (κ2) is 9.72. The van der Waals surface area contributed by atoms with Crippen molar-refractivity contribution in [2.24, 2.45) is 11.8 Å². The summed E-state index contributed by atoms with van der Waals surface area (Å²) < 4.78 is 1.51. The van der Waals surface area contributed by atoms with Crippen LogP contribution in [0.5, 0.6) is 0 Å². The number of amides is 1. The molecule has 2 rings (SSSR count). The van der Waals surface area contributed by atoms with E-state index in [1.807, 2.05) is 19.9 Å². The molecule has 27 heavy (non-hydrogen) atoms. The number of carbonyl (C=O) groups excluding carboxylic acids is 1. The first-order chi connectivity index (χ1) is 12.8. The maximum Gasteiger partial charge on any atom is 0.341 e. The van der Waals surface area contributed by atoms with Crippen LogP contribution in [-0.4, -0.2) is 32.8 Å². The van der Waals surface area contributed by atoms with Crippen LogP contribution >= 0.6 is 0 Å². The highest BCUT2D eigenvalue weighted by molar-refractivity contribution is 6.01. The van der Waals surface area contributed by atoms with E-state index < -0.39 is 5.97 Å². The molecule has 0 aromatic carbocycles. The molecule has 0 radical (unpaired) electrons. The van der Waals surface area contributed by atoms with Crippen LogP contribution in [0.2, 0.25) is 0 Å². The fraction of sp³-hybridized carbons (Fsp3) is 0.667. The Labute approximate surface area is 162 Å². The number of allylic oxidation sites excluding steroid dienone is 1. The van der Waals surface area contributed by atoms with Gasteiger partial charge in [-0.3, -0.25) is 9.69 Å². The molecule has 1 saturated carbocycles. The maximum atomic E-state index is 13.2. The zero-order valence-corrected chi connectivity index (χ0v) is 17.0. The van der Waals surface area contributed by atoms with Crippen molar-refractivity contribution in [1.82, 2.24) is 9.78 Å². The van der Waals surface area contributed by atoms with E-state index >= 15 is 0 Å². The summed E-state index contributed by atoms with van der Waals surface area (Å²) in [6, 6.07) is -0.151. The third-order valence-electron chi connectivity index (χ3n) is 5.27. The maximum absolute atomic E-state index is 13.2. The van der Waals surface area contributed by atoms with Gasteiger partial charge in [-0.05, 0) is 51.9 Å². The van der Waals surface area contributed by atoms with Crippen LogP contribution in [0.25, 0.3) is 6.20 Å². The molecule has 1 aromatic rings. The molecule has 1 aliphatic carbocycles. The molecule has 0 atom stereocenters. The predicted octanol–water partition coefficient (Wildman–Crippen LogP) is 4.81. The zero-order valence-electron chi connectivity index (χ0n) is 17.0. The van der Waals surface area contributed by atoms with Gasteiger partial charge in [-0.1, -0.05) is 32.8 Å². The minimum atomic E-state index is -1.06. The molecular formula is C21H33N3O3. The van der Waals surface area contributed by atoms with E-state index in [0.29, 0.717) is 5.92 Å². The number of hydrogen-bond donors (Lipinski definition) is 1. The number of carbonyl (C=O) groups is 2. The van der Waals surface area contributed by atoms with Gasteiger partial charge in [0.1, 0.15) is 5.56 Å². The lowest BCUT2D eigenvalue weighted by molar-refractivity contribution is -0.123. The Balaban J connectivity index is 2.29. The highest BCUT2D eigenvalue weighted by Crippen LogP contribution is 2.32. The summed E-state index contributed by atoms with van der Waals surface area (Å²) in [5, 5.41) is 14.1. The SMILES string of the molecule is CCCCC=Cn1cc(C(=O)O)c(N(C(=O)[C@H]2CC[C@H](C)CC2)C(C)C)n1. The normalized spacial score (nSPS) is 20.3. The second-order valence-electron chi connectivity index (χ2n) is 7.94. The number of nitrogens with zero attached hydrogens (tertiary/aromatic N) is 3. The molecule has 1 fully saturated rings. The monoisotopic (exact) mass is 375 g/mol. The van der Waals surface area contributed by atoms with Crippen LogP contribution in [-0.2, 0) is 4.79 Å². The Morgan fingerprint density at radius 2 is 2.00 bits per heavy atom. The summed E-state index contributed by atoms with van der Waals surface area (Å²) in [6.07, 6.45) is 12.2. The lowest BCUT2D eigenvalue weighted by Crippen LogP contribution is -2.43. The van der Waals surface area contributed by atoms with E-state index in [1.165, 1.54) is 10.9 Å². The molecule has 1 heterocycles. The Morgan fingerprint density at radius 1 is 1.33 bits per heavy atom.